The van der Waals surface area contributed by atoms with E-state index < -0.39 is 22.2 Å². The molecule has 1 aromatic carbocycles. The van der Waals surface area contributed by atoms with Crippen molar-refractivity contribution in [1.82, 2.24) is 9.03 Å². The second kappa shape index (κ2) is 7.92. The summed E-state index contributed by atoms with van der Waals surface area (Å²) >= 11 is 6.12. The molecule has 1 aromatic rings. The first-order valence-electron chi connectivity index (χ1n) is 6.75. The van der Waals surface area contributed by atoms with Crippen molar-refractivity contribution in [3.8, 4) is 0 Å². The average molecular weight is 349 g/mol. The lowest BCUT2D eigenvalue weighted by Crippen LogP contribution is -2.43. The van der Waals surface area contributed by atoms with E-state index in [2.05, 4.69) is 9.46 Å². The summed E-state index contributed by atoms with van der Waals surface area (Å²) in [7, 11) is -1.04. The van der Waals surface area contributed by atoms with Crippen molar-refractivity contribution >= 4 is 27.8 Å². The molecule has 0 heterocycles. The standard InChI is InChI=1S/C14H21ClN2O4S/c1-10(2)17(3)22(19,20)16-13(9-14(18)21-4)11-7-5-6-8-12(11)15/h5-8,10,13,16H,9H2,1-4H3/t13-/m1/s1. The lowest BCUT2D eigenvalue weighted by molar-refractivity contribution is -0.141. The molecule has 0 aliphatic rings. The number of nitrogens with one attached hydrogen (secondary N) is 1. The van der Waals surface area contributed by atoms with Crippen LogP contribution in [0.25, 0.3) is 0 Å². The summed E-state index contributed by atoms with van der Waals surface area (Å²) < 4.78 is 33.0. The second-order valence-electron chi connectivity index (χ2n) is 5.09. The molecule has 0 amide bonds. The number of hydrogen-bond acceptors (Lipinski definition) is 4. The fraction of sp³-hybridized carbons (Fsp3) is 0.500. The van der Waals surface area contributed by atoms with E-state index in [1.807, 2.05) is 0 Å². The third-order valence-electron chi connectivity index (χ3n) is 3.28. The van der Waals surface area contributed by atoms with Crippen LogP contribution in [-0.4, -0.2) is 38.9 Å². The van der Waals surface area contributed by atoms with Crippen LogP contribution in [0.3, 0.4) is 0 Å². The van der Waals surface area contributed by atoms with Crippen LogP contribution in [0.5, 0.6) is 0 Å². The summed E-state index contributed by atoms with van der Waals surface area (Å²) in [5.74, 6) is -0.528. The zero-order chi connectivity index (χ0) is 16.9. The minimum atomic E-state index is -3.76. The van der Waals surface area contributed by atoms with Gasteiger partial charge in [0.05, 0.1) is 19.6 Å². The van der Waals surface area contributed by atoms with Crippen LogP contribution < -0.4 is 4.72 Å². The maximum atomic E-state index is 12.4. The van der Waals surface area contributed by atoms with Gasteiger partial charge in [0, 0.05) is 18.1 Å². The van der Waals surface area contributed by atoms with Crippen LogP contribution >= 0.6 is 11.6 Å². The number of nitrogens with zero attached hydrogens (tertiary/aromatic N) is 1. The minimum absolute atomic E-state index is 0.147. The fourth-order valence-electron chi connectivity index (χ4n) is 1.76. The highest BCUT2D eigenvalue weighted by Gasteiger charge is 2.28. The first-order valence-corrected chi connectivity index (χ1v) is 8.57. The van der Waals surface area contributed by atoms with Crippen LogP contribution in [0.2, 0.25) is 5.02 Å². The van der Waals surface area contributed by atoms with Gasteiger partial charge in [-0.2, -0.15) is 17.4 Å². The van der Waals surface area contributed by atoms with Crippen LogP contribution in [-0.2, 0) is 19.7 Å². The van der Waals surface area contributed by atoms with Crippen LogP contribution in [0, 0.1) is 0 Å². The zero-order valence-corrected chi connectivity index (χ0v) is 14.6. The largest absolute Gasteiger partial charge is 0.469 e. The van der Waals surface area contributed by atoms with Crippen molar-refractivity contribution in [3.63, 3.8) is 0 Å². The molecule has 0 saturated heterocycles. The topological polar surface area (TPSA) is 75.7 Å². The molecule has 8 heteroatoms. The Bertz CT molecular complexity index is 619. The van der Waals surface area contributed by atoms with Crippen molar-refractivity contribution in [2.45, 2.75) is 32.4 Å². The molecule has 0 spiro atoms. The number of rotatable bonds is 7. The average Bonchev–Trinajstić information content (AvgIpc) is 2.45. The SMILES string of the molecule is COC(=O)C[C@@H](NS(=O)(=O)N(C)C(C)C)c1ccccc1Cl. The molecular weight excluding hydrogens is 328 g/mol. The van der Waals surface area contributed by atoms with E-state index in [1.165, 1.54) is 18.5 Å². The van der Waals surface area contributed by atoms with Crippen molar-refractivity contribution < 1.29 is 17.9 Å². The van der Waals surface area contributed by atoms with Crippen molar-refractivity contribution in [2.24, 2.45) is 0 Å². The molecule has 0 aromatic heterocycles. The number of methoxy groups -OCH3 is 1. The van der Waals surface area contributed by atoms with Crippen LogP contribution in [0.15, 0.2) is 24.3 Å². The third kappa shape index (κ3) is 4.95. The molecule has 0 unspecified atom stereocenters. The lowest BCUT2D eigenvalue weighted by atomic mass is 10.1. The summed E-state index contributed by atoms with van der Waals surface area (Å²) in [6.45, 7) is 3.51. The van der Waals surface area contributed by atoms with Gasteiger partial charge in [0.15, 0.2) is 0 Å². The highest BCUT2D eigenvalue weighted by Crippen LogP contribution is 2.26. The highest BCUT2D eigenvalue weighted by molar-refractivity contribution is 7.87. The van der Waals surface area contributed by atoms with E-state index in [0.717, 1.165) is 0 Å². The molecule has 0 aliphatic carbocycles. The summed E-state index contributed by atoms with van der Waals surface area (Å²) in [6, 6.07) is 5.76. The van der Waals surface area contributed by atoms with Gasteiger partial charge in [-0.05, 0) is 25.5 Å². The predicted octanol–water partition coefficient (Wildman–Crippen LogP) is 2.12. The van der Waals surface area contributed by atoms with E-state index in [9.17, 15) is 13.2 Å². The molecule has 1 atom stereocenters. The number of halogens is 1. The molecule has 0 radical (unpaired) electrons. The Labute approximate surface area is 136 Å². The quantitative estimate of drug-likeness (QED) is 0.766. The molecular formula is C14H21ClN2O4S. The molecule has 0 aliphatic heterocycles. The minimum Gasteiger partial charge on any atom is -0.469 e. The lowest BCUT2D eigenvalue weighted by Gasteiger charge is -2.25. The summed E-state index contributed by atoms with van der Waals surface area (Å²) in [5, 5.41) is 0.381. The summed E-state index contributed by atoms with van der Waals surface area (Å²) in [6.07, 6.45) is -0.147. The molecule has 0 bridgehead atoms. The third-order valence-corrected chi connectivity index (χ3v) is 5.38. The molecule has 0 fully saturated rings. The van der Waals surface area contributed by atoms with Crippen molar-refractivity contribution in [3.05, 3.63) is 34.9 Å². The Morgan fingerprint density at radius 2 is 1.95 bits per heavy atom. The monoisotopic (exact) mass is 348 g/mol. The van der Waals surface area contributed by atoms with E-state index >= 15 is 0 Å². The maximum Gasteiger partial charge on any atom is 0.307 e. The van der Waals surface area contributed by atoms with E-state index in [-0.39, 0.29) is 12.5 Å². The van der Waals surface area contributed by atoms with Gasteiger partial charge in [-0.25, -0.2) is 0 Å². The number of ether oxygens (including phenoxy) is 1. The zero-order valence-electron chi connectivity index (χ0n) is 13.0. The van der Waals surface area contributed by atoms with Crippen LogP contribution in [0.1, 0.15) is 31.9 Å². The number of carbonyl (C=O) groups excluding carboxylic acids is 1. The van der Waals surface area contributed by atoms with Gasteiger partial charge in [-0.1, -0.05) is 29.8 Å². The maximum absolute atomic E-state index is 12.4. The Morgan fingerprint density at radius 1 is 1.36 bits per heavy atom. The van der Waals surface area contributed by atoms with Gasteiger partial charge in [-0.3, -0.25) is 4.79 Å². The number of benzene rings is 1. The normalized spacial score (nSPS) is 13.4. The number of hydrogen-bond donors (Lipinski definition) is 1. The predicted molar refractivity (Wildman–Crippen MR) is 85.8 cm³/mol. The van der Waals surface area contributed by atoms with Gasteiger partial charge in [0.25, 0.3) is 10.2 Å². The summed E-state index contributed by atoms with van der Waals surface area (Å²) in [5.41, 5.74) is 0.523. The number of esters is 1. The molecule has 1 rings (SSSR count). The van der Waals surface area contributed by atoms with Gasteiger partial charge >= 0.3 is 5.97 Å². The molecule has 22 heavy (non-hydrogen) atoms. The Balaban J connectivity index is 3.12. The van der Waals surface area contributed by atoms with E-state index in [0.29, 0.717) is 10.6 Å². The van der Waals surface area contributed by atoms with Gasteiger partial charge in [0.2, 0.25) is 0 Å². The smallest absolute Gasteiger partial charge is 0.307 e. The molecule has 0 saturated carbocycles. The first-order chi connectivity index (χ1) is 10.2. The molecule has 124 valence electrons. The van der Waals surface area contributed by atoms with Crippen molar-refractivity contribution in [1.29, 1.82) is 0 Å². The fourth-order valence-corrected chi connectivity index (χ4v) is 3.32. The van der Waals surface area contributed by atoms with Gasteiger partial charge in [-0.15, -0.1) is 0 Å². The Morgan fingerprint density at radius 3 is 2.45 bits per heavy atom. The first kappa shape index (κ1) is 18.9. The van der Waals surface area contributed by atoms with E-state index in [4.69, 9.17) is 11.6 Å². The van der Waals surface area contributed by atoms with E-state index in [1.54, 1.807) is 38.1 Å². The second-order valence-corrected chi connectivity index (χ2v) is 7.26. The summed E-state index contributed by atoms with van der Waals surface area (Å²) in [4.78, 5) is 11.6. The Kier molecular flexibility index (Phi) is 6.80. The Hall–Kier alpha value is -1.15. The van der Waals surface area contributed by atoms with Gasteiger partial charge in [0.1, 0.15) is 0 Å². The van der Waals surface area contributed by atoms with Crippen LogP contribution in [0.4, 0.5) is 0 Å². The number of carbonyl (C=O) groups is 1. The van der Waals surface area contributed by atoms with Crippen molar-refractivity contribution in [2.75, 3.05) is 14.2 Å². The molecule has 6 nitrogen and oxygen atoms in total. The molecule has 1 N–H and O–H groups in total. The highest BCUT2D eigenvalue weighted by atomic mass is 35.5. The van der Waals surface area contributed by atoms with Gasteiger partial charge < -0.3 is 4.74 Å².